The summed E-state index contributed by atoms with van der Waals surface area (Å²) in [6.07, 6.45) is 0. The molecule has 0 fully saturated rings. The van der Waals surface area contributed by atoms with Gasteiger partial charge in [0.1, 0.15) is 11.5 Å². The Morgan fingerprint density at radius 1 is 1.00 bits per heavy atom. The zero-order chi connectivity index (χ0) is 14.7. The average Bonchev–Trinajstić information content (AvgIpc) is 2.48. The fraction of sp³-hybridized carbons (Fsp3) is 0.250. The van der Waals surface area contributed by atoms with E-state index in [1.807, 2.05) is 36.4 Å². The monoisotopic (exact) mass is 354 g/mol. The lowest BCUT2D eigenvalue weighted by atomic mass is 9.99. The van der Waals surface area contributed by atoms with Gasteiger partial charge in [0, 0.05) is 10.6 Å². The van der Waals surface area contributed by atoms with E-state index in [1.165, 1.54) is 5.56 Å². The number of alkyl halides is 1. The van der Waals surface area contributed by atoms with Gasteiger partial charge in [-0.2, -0.15) is 0 Å². The normalized spacial score (nSPS) is 12.1. The van der Waals surface area contributed by atoms with Gasteiger partial charge in [0.25, 0.3) is 0 Å². The molecular formula is C16H16BrClO2. The highest BCUT2D eigenvalue weighted by atomic mass is 79.9. The van der Waals surface area contributed by atoms with Crippen LogP contribution in [0.4, 0.5) is 0 Å². The summed E-state index contributed by atoms with van der Waals surface area (Å²) >= 11 is 9.84. The second-order valence-corrected chi connectivity index (χ2v) is 5.82. The van der Waals surface area contributed by atoms with Crippen molar-refractivity contribution >= 4 is 27.5 Å². The van der Waals surface area contributed by atoms with Crippen LogP contribution in [0.2, 0.25) is 5.02 Å². The van der Waals surface area contributed by atoms with Crippen molar-refractivity contribution in [2.24, 2.45) is 0 Å². The maximum Gasteiger partial charge on any atom is 0.123 e. The van der Waals surface area contributed by atoms with Gasteiger partial charge >= 0.3 is 0 Å². The third-order valence-electron chi connectivity index (χ3n) is 3.22. The number of methoxy groups -OCH3 is 2. The molecule has 1 atom stereocenters. The van der Waals surface area contributed by atoms with E-state index in [9.17, 15) is 0 Å². The van der Waals surface area contributed by atoms with Crippen LogP contribution in [-0.4, -0.2) is 14.2 Å². The summed E-state index contributed by atoms with van der Waals surface area (Å²) in [5.41, 5.74) is 3.29. The zero-order valence-corrected chi connectivity index (χ0v) is 14.0. The average molecular weight is 356 g/mol. The van der Waals surface area contributed by atoms with Gasteiger partial charge in [-0.05, 0) is 48.4 Å². The van der Waals surface area contributed by atoms with Gasteiger partial charge in [-0.15, -0.1) is 0 Å². The van der Waals surface area contributed by atoms with Crippen LogP contribution in [0.25, 0.3) is 0 Å². The molecule has 20 heavy (non-hydrogen) atoms. The molecule has 1 unspecified atom stereocenters. The third-order valence-corrected chi connectivity index (χ3v) is 4.45. The summed E-state index contributed by atoms with van der Waals surface area (Å²) in [6.45, 7) is 2.06. The highest BCUT2D eigenvalue weighted by molar-refractivity contribution is 9.09. The molecule has 0 aliphatic heterocycles. The summed E-state index contributed by atoms with van der Waals surface area (Å²) < 4.78 is 10.7. The van der Waals surface area contributed by atoms with Gasteiger partial charge in [0.15, 0.2) is 0 Å². The van der Waals surface area contributed by atoms with Crippen molar-refractivity contribution in [3.8, 4) is 11.5 Å². The van der Waals surface area contributed by atoms with Gasteiger partial charge in [-0.3, -0.25) is 0 Å². The number of rotatable bonds is 4. The Morgan fingerprint density at radius 3 is 2.40 bits per heavy atom. The molecule has 2 nitrogen and oxygen atoms in total. The number of benzene rings is 2. The summed E-state index contributed by atoms with van der Waals surface area (Å²) in [6, 6.07) is 11.6. The van der Waals surface area contributed by atoms with Crippen molar-refractivity contribution in [1.29, 1.82) is 0 Å². The van der Waals surface area contributed by atoms with E-state index in [1.54, 1.807) is 14.2 Å². The second-order valence-electron chi connectivity index (χ2n) is 4.47. The Labute approximate surface area is 132 Å². The standard InChI is InChI=1S/C16H16BrClO2/c1-10-4-5-11(18)8-13(10)16(17)14-9-12(19-2)6-7-15(14)20-3/h4-9,16H,1-3H3. The Hall–Kier alpha value is -1.19. The van der Waals surface area contributed by atoms with Gasteiger partial charge in [-0.1, -0.05) is 33.6 Å². The predicted molar refractivity (Wildman–Crippen MR) is 86.5 cm³/mol. The smallest absolute Gasteiger partial charge is 0.123 e. The highest BCUT2D eigenvalue weighted by Crippen LogP contribution is 2.40. The number of halogens is 2. The first-order chi connectivity index (χ1) is 9.56. The Bertz CT molecular complexity index is 613. The van der Waals surface area contributed by atoms with Crippen LogP contribution in [0.3, 0.4) is 0 Å². The van der Waals surface area contributed by atoms with E-state index in [4.69, 9.17) is 21.1 Å². The Kier molecular flexibility index (Phi) is 4.95. The fourth-order valence-corrected chi connectivity index (χ4v) is 3.12. The van der Waals surface area contributed by atoms with E-state index in [-0.39, 0.29) is 4.83 Å². The van der Waals surface area contributed by atoms with Crippen molar-refractivity contribution in [3.05, 3.63) is 58.1 Å². The number of aryl methyl sites for hydroxylation is 1. The van der Waals surface area contributed by atoms with Crippen molar-refractivity contribution in [1.82, 2.24) is 0 Å². The molecule has 0 spiro atoms. The molecule has 0 saturated carbocycles. The SMILES string of the molecule is COc1ccc(OC)c(C(Br)c2cc(Cl)ccc2C)c1. The highest BCUT2D eigenvalue weighted by Gasteiger charge is 2.18. The summed E-state index contributed by atoms with van der Waals surface area (Å²) in [5.74, 6) is 1.61. The van der Waals surface area contributed by atoms with Crippen LogP contribution in [0.1, 0.15) is 21.5 Å². The van der Waals surface area contributed by atoms with Crippen molar-refractivity contribution < 1.29 is 9.47 Å². The minimum atomic E-state index is -0.00810. The number of ether oxygens (including phenoxy) is 2. The molecule has 0 bridgehead atoms. The van der Waals surface area contributed by atoms with Crippen molar-refractivity contribution in [2.75, 3.05) is 14.2 Å². The lowest BCUT2D eigenvalue weighted by Crippen LogP contribution is -2.00. The zero-order valence-electron chi connectivity index (χ0n) is 11.6. The molecule has 0 aliphatic carbocycles. The molecular weight excluding hydrogens is 340 g/mol. The number of hydrogen-bond donors (Lipinski definition) is 0. The molecule has 0 radical (unpaired) electrons. The van der Waals surface area contributed by atoms with Gasteiger partial charge in [-0.25, -0.2) is 0 Å². The maximum absolute atomic E-state index is 6.10. The summed E-state index contributed by atoms with van der Waals surface area (Å²) in [4.78, 5) is -0.00810. The largest absolute Gasteiger partial charge is 0.497 e. The molecule has 0 saturated heterocycles. The number of hydrogen-bond acceptors (Lipinski definition) is 2. The molecule has 2 rings (SSSR count). The molecule has 0 aliphatic rings. The minimum Gasteiger partial charge on any atom is -0.497 e. The second kappa shape index (κ2) is 6.51. The molecule has 0 heterocycles. The van der Waals surface area contributed by atoms with E-state index >= 15 is 0 Å². The first kappa shape index (κ1) is 15.2. The van der Waals surface area contributed by atoms with Crippen molar-refractivity contribution in [2.45, 2.75) is 11.8 Å². The third kappa shape index (κ3) is 3.10. The van der Waals surface area contributed by atoms with Crippen LogP contribution in [0.15, 0.2) is 36.4 Å². The quantitative estimate of drug-likeness (QED) is 0.706. The fourth-order valence-electron chi connectivity index (χ4n) is 2.09. The van der Waals surface area contributed by atoms with Crippen LogP contribution in [-0.2, 0) is 0 Å². The molecule has 106 valence electrons. The molecule has 0 amide bonds. The lowest BCUT2D eigenvalue weighted by Gasteiger charge is -2.18. The van der Waals surface area contributed by atoms with E-state index in [0.717, 1.165) is 27.6 Å². The molecule has 2 aromatic rings. The Morgan fingerprint density at radius 2 is 1.75 bits per heavy atom. The Balaban J connectivity index is 2.51. The van der Waals surface area contributed by atoms with Crippen LogP contribution in [0.5, 0.6) is 11.5 Å². The van der Waals surface area contributed by atoms with Gasteiger partial charge < -0.3 is 9.47 Å². The predicted octanol–water partition coefficient (Wildman–Crippen LogP) is 5.15. The molecule has 2 aromatic carbocycles. The van der Waals surface area contributed by atoms with E-state index < -0.39 is 0 Å². The van der Waals surface area contributed by atoms with Gasteiger partial charge in [0.05, 0.1) is 19.0 Å². The lowest BCUT2D eigenvalue weighted by molar-refractivity contribution is 0.399. The summed E-state index contributed by atoms with van der Waals surface area (Å²) in [5, 5.41) is 0.719. The minimum absolute atomic E-state index is 0.00810. The molecule has 0 aromatic heterocycles. The van der Waals surface area contributed by atoms with Crippen LogP contribution in [0, 0.1) is 6.92 Å². The van der Waals surface area contributed by atoms with Gasteiger partial charge in [0.2, 0.25) is 0 Å². The van der Waals surface area contributed by atoms with Crippen LogP contribution < -0.4 is 9.47 Å². The van der Waals surface area contributed by atoms with E-state index in [0.29, 0.717) is 0 Å². The first-order valence-electron chi connectivity index (χ1n) is 6.19. The van der Waals surface area contributed by atoms with Crippen LogP contribution >= 0.6 is 27.5 Å². The van der Waals surface area contributed by atoms with E-state index in [2.05, 4.69) is 22.9 Å². The molecule has 4 heteroatoms. The molecule has 0 N–H and O–H groups in total. The van der Waals surface area contributed by atoms with Crippen molar-refractivity contribution in [3.63, 3.8) is 0 Å². The maximum atomic E-state index is 6.10. The topological polar surface area (TPSA) is 18.5 Å². The summed E-state index contributed by atoms with van der Waals surface area (Å²) in [7, 11) is 3.31. The first-order valence-corrected chi connectivity index (χ1v) is 7.48.